The van der Waals surface area contributed by atoms with Crippen molar-refractivity contribution in [3.63, 3.8) is 0 Å². The molecule has 0 aliphatic heterocycles. The van der Waals surface area contributed by atoms with Crippen molar-refractivity contribution in [3.8, 4) is 17.2 Å². The predicted octanol–water partition coefficient (Wildman–Crippen LogP) is 4.76. The monoisotopic (exact) mass is 434 g/mol. The molecule has 0 saturated heterocycles. The highest BCUT2D eigenvalue weighted by Crippen LogP contribution is 2.33. The van der Waals surface area contributed by atoms with Crippen LogP contribution in [0.1, 0.15) is 48.7 Å². The normalized spacial score (nSPS) is 11.6. The van der Waals surface area contributed by atoms with E-state index in [-0.39, 0.29) is 42.2 Å². The molecule has 0 aliphatic rings. The molecule has 7 heteroatoms. The Morgan fingerprint density at radius 2 is 1.87 bits per heavy atom. The third-order valence-corrected chi connectivity index (χ3v) is 4.79. The van der Waals surface area contributed by atoms with E-state index in [4.69, 9.17) is 21.1 Å². The third kappa shape index (κ3) is 6.13. The molecule has 0 bridgehead atoms. The van der Waals surface area contributed by atoms with Crippen LogP contribution < -0.4 is 9.47 Å². The Hall–Kier alpha value is -2.73. The van der Waals surface area contributed by atoms with Gasteiger partial charge in [0.25, 0.3) is 0 Å². The van der Waals surface area contributed by atoms with Crippen molar-refractivity contribution in [2.75, 3.05) is 13.7 Å². The molecule has 0 spiro atoms. The first-order chi connectivity index (χ1) is 14.3. The van der Waals surface area contributed by atoms with Crippen molar-refractivity contribution in [1.29, 1.82) is 0 Å². The number of methoxy groups -OCH3 is 1. The zero-order valence-electron chi connectivity index (χ0n) is 17.7. The summed E-state index contributed by atoms with van der Waals surface area (Å²) in [6.07, 6.45) is 1.18. The average Bonchev–Trinajstić information content (AvgIpc) is 2.70. The zero-order chi connectivity index (χ0) is 22.3. The van der Waals surface area contributed by atoms with Gasteiger partial charge in [-0.3, -0.25) is 9.59 Å². The first-order valence-corrected chi connectivity index (χ1v) is 10.1. The largest absolute Gasteiger partial charge is 0.507 e. The van der Waals surface area contributed by atoms with Gasteiger partial charge in [0.2, 0.25) is 0 Å². The predicted molar refractivity (Wildman–Crippen MR) is 115 cm³/mol. The van der Waals surface area contributed by atoms with Crippen LogP contribution in [0, 0.1) is 0 Å². The number of rotatable bonds is 10. The summed E-state index contributed by atoms with van der Waals surface area (Å²) in [5, 5.41) is 10.8. The Bertz CT molecular complexity index is 909. The molecule has 2 aromatic rings. The smallest absolute Gasteiger partial charge is 0.309 e. The van der Waals surface area contributed by atoms with Crippen molar-refractivity contribution in [1.82, 2.24) is 0 Å². The summed E-state index contributed by atoms with van der Waals surface area (Å²) in [5.41, 5.74) is 1.63. The van der Waals surface area contributed by atoms with Crippen LogP contribution in [0.15, 0.2) is 30.3 Å². The average molecular weight is 435 g/mol. The minimum atomic E-state index is -0.344. The molecule has 0 heterocycles. The Morgan fingerprint density at radius 3 is 2.47 bits per heavy atom. The quantitative estimate of drug-likeness (QED) is 0.428. The summed E-state index contributed by atoms with van der Waals surface area (Å²) in [6, 6.07) is 8.38. The molecule has 2 rings (SSSR count). The number of hydrogen-bond acceptors (Lipinski definition) is 6. The molecule has 162 valence electrons. The van der Waals surface area contributed by atoms with Crippen LogP contribution in [0.4, 0.5) is 0 Å². The number of ether oxygens (including phenoxy) is 3. The van der Waals surface area contributed by atoms with Crippen molar-refractivity contribution < 1.29 is 28.9 Å². The van der Waals surface area contributed by atoms with Crippen LogP contribution in [-0.2, 0) is 22.4 Å². The van der Waals surface area contributed by atoms with Crippen LogP contribution in [0.3, 0.4) is 0 Å². The number of benzene rings is 2. The fourth-order valence-electron chi connectivity index (χ4n) is 2.98. The summed E-state index contributed by atoms with van der Waals surface area (Å²) in [4.78, 5) is 23.1. The molecule has 1 unspecified atom stereocenters. The van der Waals surface area contributed by atoms with E-state index in [0.717, 1.165) is 12.0 Å². The van der Waals surface area contributed by atoms with Gasteiger partial charge in [0.15, 0.2) is 5.78 Å². The molecule has 0 fully saturated rings. The molecule has 0 saturated carbocycles. The van der Waals surface area contributed by atoms with Gasteiger partial charge in [-0.25, -0.2) is 0 Å². The molecule has 1 atom stereocenters. The maximum atomic E-state index is 11.7. The van der Waals surface area contributed by atoms with Crippen LogP contribution in [0.5, 0.6) is 17.2 Å². The van der Waals surface area contributed by atoms with Gasteiger partial charge in [-0.15, -0.1) is 0 Å². The molecule has 30 heavy (non-hydrogen) atoms. The van der Waals surface area contributed by atoms with E-state index in [1.165, 1.54) is 14.0 Å². The summed E-state index contributed by atoms with van der Waals surface area (Å²) in [7, 11) is 1.34. The third-order valence-electron chi connectivity index (χ3n) is 4.49. The summed E-state index contributed by atoms with van der Waals surface area (Å²) < 4.78 is 16.4. The Balaban J connectivity index is 2.06. The van der Waals surface area contributed by atoms with Crippen LogP contribution in [0.25, 0.3) is 0 Å². The Morgan fingerprint density at radius 1 is 1.17 bits per heavy atom. The molecular weight excluding hydrogens is 408 g/mol. The highest BCUT2D eigenvalue weighted by molar-refractivity contribution is 6.32. The minimum Gasteiger partial charge on any atom is -0.507 e. The second-order valence-electron chi connectivity index (χ2n) is 7.00. The molecule has 2 aromatic carbocycles. The lowest BCUT2D eigenvalue weighted by atomic mass is 10.0. The molecule has 0 aliphatic carbocycles. The molecule has 0 aromatic heterocycles. The highest BCUT2D eigenvalue weighted by atomic mass is 35.5. The topological polar surface area (TPSA) is 82.1 Å². The maximum absolute atomic E-state index is 11.7. The van der Waals surface area contributed by atoms with E-state index in [1.807, 2.05) is 13.8 Å². The van der Waals surface area contributed by atoms with Gasteiger partial charge in [0, 0.05) is 5.56 Å². The fourth-order valence-corrected chi connectivity index (χ4v) is 3.22. The second-order valence-corrected chi connectivity index (χ2v) is 7.41. The number of hydrogen-bond donors (Lipinski definition) is 1. The molecular formula is C23H27ClO6. The van der Waals surface area contributed by atoms with Gasteiger partial charge in [0.05, 0.1) is 24.1 Å². The highest BCUT2D eigenvalue weighted by Gasteiger charge is 2.17. The van der Waals surface area contributed by atoms with E-state index < -0.39 is 0 Å². The SMILES string of the molecule is CCCc1c(OCC(C)Oc2ccc(CC(=O)OC)cc2Cl)ccc(C(C)=O)c1O. The Labute approximate surface area is 181 Å². The van der Waals surface area contributed by atoms with Crippen molar-refractivity contribution in [2.45, 2.75) is 46.1 Å². The first-order valence-electron chi connectivity index (χ1n) is 9.77. The van der Waals surface area contributed by atoms with Crippen molar-refractivity contribution in [2.24, 2.45) is 0 Å². The number of esters is 1. The lowest BCUT2D eigenvalue weighted by molar-refractivity contribution is -0.139. The van der Waals surface area contributed by atoms with Gasteiger partial charge < -0.3 is 19.3 Å². The number of phenols is 1. The number of aromatic hydroxyl groups is 1. The summed E-state index contributed by atoms with van der Waals surface area (Å²) in [5.74, 6) is 0.431. The molecule has 1 N–H and O–H groups in total. The summed E-state index contributed by atoms with van der Waals surface area (Å²) >= 11 is 6.27. The van der Waals surface area contributed by atoms with Crippen LogP contribution in [-0.4, -0.2) is 36.7 Å². The van der Waals surface area contributed by atoms with E-state index in [2.05, 4.69) is 4.74 Å². The van der Waals surface area contributed by atoms with E-state index in [1.54, 1.807) is 30.3 Å². The van der Waals surface area contributed by atoms with Gasteiger partial charge in [0.1, 0.15) is 30.0 Å². The lowest BCUT2D eigenvalue weighted by Crippen LogP contribution is -2.21. The molecule has 6 nitrogen and oxygen atoms in total. The van der Waals surface area contributed by atoms with Crippen LogP contribution >= 0.6 is 11.6 Å². The number of phenolic OH excluding ortho intramolecular Hbond substituents is 1. The molecule has 0 radical (unpaired) electrons. The van der Waals surface area contributed by atoms with Gasteiger partial charge >= 0.3 is 5.97 Å². The maximum Gasteiger partial charge on any atom is 0.309 e. The number of Topliss-reactive ketones (excluding diaryl/α,β-unsaturated/α-hetero) is 1. The number of halogens is 1. The van der Waals surface area contributed by atoms with Gasteiger partial charge in [-0.05, 0) is 50.1 Å². The first kappa shape index (κ1) is 23.5. The Kier molecular flexibility index (Phi) is 8.54. The molecule has 0 amide bonds. The van der Waals surface area contributed by atoms with E-state index in [9.17, 15) is 14.7 Å². The fraction of sp³-hybridized carbons (Fsp3) is 0.391. The van der Waals surface area contributed by atoms with Gasteiger partial charge in [-0.2, -0.15) is 0 Å². The standard InChI is InChI=1S/C23H27ClO6/c1-5-6-18-20(10-8-17(15(3)25)23(18)27)29-13-14(2)30-21-9-7-16(11-19(21)24)12-22(26)28-4/h7-11,14,27H,5-6,12-13H2,1-4H3. The van der Waals surface area contributed by atoms with Crippen LogP contribution in [0.2, 0.25) is 5.02 Å². The van der Waals surface area contributed by atoms with Crippen molar-refractivity contribution in [3.05, 3.63) is 52.0 Å². The van der Waals surface area contributed by atoms with Crippen molar-refractivity contribution >= 4 is 23.4 Å². The van der Waals surface area contributed by atoms with E-state index in [0.29, 0.717) is 28.5 Å². The number of ketones is 1. The zero-order valence-corrected chi connectivity index (χ0v) is 18.4. The van der Waals surface area contributed by atoms with E-state index >= 15 is 0 Å². The number of carbonyl (C=O) groups is 2. The summed E-state index contributed by atoms with van der Waals surface area (Å²) in [6.45, 7) is 5.46. The second kappa shape index (κ2) is 10.9. The van der Waals surface area contributed by atoms with Gasteiger partial charge in [-0.1, -0.05) is 31.0 Å². The lowest BCUT2D eigenvalue weighted by Gasteiger charge is -2.19. The minimum absolute atomic E-state index is 0.0281. The number of carbonyl (C=O) groups excluding carboxylic acids is 2.